The largest absolute Gasteiger partial charge is 0.497 e. The highest BCUT2D eigenvalue weighted by Crippen LogP contribution is 2.37. The second kappa shape index (κ2) is 10.5. The van der Waals surface area contributed by atoms with Gasteiger partial charge in [-0.1, -0.05) is 24.3 Å². The zero-order chi connectivity index (χ0) is 27.4. The summed E-state index contributed by atoms with van der Waals surface area (Å²) in [4.78, 5) is 51.2. The van der Waals surface area contributed by atoms with E-state index >= 15 is 0 Å². The van der Waals surface area contributed by atoms with E-state index in [1.165, 1.54) is 33.5 Å². The normalized spacial score (nSPS) is 14.0. The van der Waals surface area contributed by atoms with Crippen LogP contribution in [0.5, 0.6) is 17.2 Å². The van der Waals surface area contributed by atoms with Crippen LogP contribution in [0.2, 0.25) is 0 Å². The molecule has 0 aliphatic carbocycles. The second-order valence-electron chi connectivity index (χ2n) is 8.22. The molecule has 0 unspecified atom stereocenters. The molecular formula is C26H24N4O8. The third-order valence-electron chi connectivity index (χ3n) is 6.12. The molecular weight excluding hydrogens is 496 g/mol. The van der Waals surface area contributed by atoms with E-state index in [1.54, 1.807) is 48.5 Å². The van der Waals surface area contributed by atoms with Crippen LogP contribution in [0.15, 0.2) is 66.7 Å². The average Bonchev–Trinajstić information content (AvgIpc) is 3.18. The van der Waals surface area contributed by atoms with Gasteiger partial charge in [0.15, 0.2) is 5.54 Å². The number of nitro benzene ring substituents is 1. The van der Waals surface area contributed by atoms with Gasteiger partial charge in [-0.05, 0) is 41.5 Å². The van der Waals surface area contributed by atoms with Crippen LogP contribution in [0.1, 0.15) is 11.1 Å². The molecule has 0 aromatic heterocycles. The Morgan fingerprint density at radius 2 is 1.47 bits per heavy atom. The number of hydrogen-bond donors (Lipinski definition) is 2. The van der Waals surface area contributed by atoms with E-state index in [0.29, 0.717) is 22.6 Å². The van der Waals surface area contributed by atoms with Gasteiger partial charge in [-0.2, -0.15) is 0 Å². The van der Waals surface area contributed by atoms with Gasteiger partial charge in [-0.15, -0.1) is 0 Å². The molecule has 3 aromatic carbocycles. The van der Waals surface area contributed by atoms with Crippen LogP contribution in [0.4, 0.5) is 16.2 Å². The Morgan fingerprint density at radius 1 is 0.921 bits per heavy atom. The van der Waals surface area contributed by atoms with Gasteiger partial charge in [0.2, 0.25) is 5.91 Å². The van der Waals surface area contributed by atoms with Crippen molar-refractivity contribution < 1.29 is 33.5 Å². The number of methoxy groups -OCH3 is 3. The first kappa shape index (κ1) is 25.9. The number of carbonyl (C=O) groups is 3. The molecule has 0 radical (unpaired) electrons. The Balaban J connectivity index is 1.67. The maximum atomic E-state index is 13.9. The number of anilines is 1. The quantitative estimate of drug-likeness (QED) is 0.248. The van der Waals surface area contributed by atoms with Gasteiger partial charge in [0, 0.05) is 12.1 Å². The summed E-state index contributed by atoms with van der Waals surface area (Å²) in [6.45, 7) is -0.648. The molecule has 1 aliphatic rings. The van der Waals surface area contributed by atoms with Crippen molar-refractivity contribution in [2.75, 3.05) is 33.2 Å². The topological polar surface area (TPSA) is 149 Å². The van der Waals surface area contributed by atoms with Crippen molar-refractivity contribution in [1.29, 1.82) is 0 Å². The first-order valence-corrected chi connectivity index (χ1v) is 11.3. The lowest BCUT2D eigenvalue weighted by atomic mass is 9.82. The molecule has 1 heterocycles. The SMILES string of the molecule is COc1ccc(C2(c3ccc(OC)cc3)NC(=O)N(CC(=O)Nc3cc([N+](=O)[O-])ccc3OC)C2=O)cc1. The Bertz CT molecular complexity index is 1340. The molecule has 0 spiro atoms. The summed E-state index contributed by atoms with van der Waals surface area (Å²) in [7, 11) is 4.35. The lowest BCUT2D eigenvalue weighted by Crippen LogP contribution is -2.45. The minimum Gasteiger partial charge on any atom is -0.497 e. The smallest absolute Gasteiger partial charge is 0.326 e. The van der Waals surface area contributed by atoms with E-state index in [2.05, 4.69) is 10.6 Å². The number of ether oxygens (including phenoxy) is 3. The fourth-order valence-electron chi connectivity index (χ4n) is 4.20. The van der Waals surface area contributed by atoms with Crippen molar-refractivity contribution in [3.63, 3.8) is 0 Å². The molecule has 12 heteroatoms. The molecule has 196 valence electrons. The number of carbonyl (C=O) groups excluding carboxylic acids is 3. The minimum atomic E-state index is -1.63. The van der Waals surface area contributed by atoms with E-state index < -0.39 is 34.9 Å². The highest BCUT2D eigenvalue weighted by molar-refractivity contribution is 6.12. The summed E-state index contributed by atoms with van der Waals surface area (Å²) in [6, 6.07) is 16.1. The third-order valence-corrected chi connectivity index (χ3v) is 6.12. The van der Waals surface area contributed by atoms with E-state index in [9.17, 15) is 24.5 Å². The summed E-state index contributed by atoms with van der Waals surface area (Å²) >= 11 is 0. The first-order valence-electron chi connectivity index (χ1n) is 11.3. The van der Waals surface area contributed by atoms with Gasteiger partial charge in [0.1, 0.15) is 23.8 Å². The maximum Gasteiger partial charge on any atom is 0.326 e. The molecule has 12 nitrogen and oxygen atoms in total. The number of nitrogens with zero attached hydrogens (tertiary/aromatic N) is 2. The Morgan fingerprint density at radius 3 is 1.95 bits per heavy atom. The van der Waals surface area contributed by atoms with Gasteiger partial charge in [-0.3, -0.25) is 24.6 Å². The Kier molecular flexibility index (Phi) is 7.15. The molecule has 0 atom stereocenters. The number of non-ortho nitro benzene ring substituents is 1. The fourth-order valence-corrected chi connectivity index (χ4v) is 4.20. The van der Waals surface area contributed by atoms with E-state index in [-0.39, 0.29) is 17.1 Å². The zero-order valence-electron chi connectivity index (χ0n) is 20.7. The summed E-state index contributed by atoms with van der Waals surface area (Å²) in [5, 5.41) is 16.4. The fraction of sp³-hybridized carbons (Fsp3) is 0.192. The number of nitro groups is 1. The third kappa shape index (κ3) is 4.66. The van der Waals surface area contributed by atoms with Crippen molar-refractivity contribution in [2.45, 2.75) is 5.54 Å². The van der Waals surface area contributed by atoms with Gasteiger partial charge >= 0.3 is 6.03 Å². The van der Waals surface area contributed by atoms with E-state index in [4.69, 9.17) is 14.2 Å². The molecule has 3 aromatic rings. The zero-order valence-corrected chi connectivity index (χ0v) is 20.7. The molecule has 4 amide bonds. The average molecular weight is 520 g/mol. The lowest BCUT2D eigenvalue weighted by Gasteiger charge is -2.28. The molecule has 1 aliphatic heterocycles. The number of amides is 4. The second-order valence-corrected chi connectivity index (χ2v) is 8.22. The highest BCUT2D eigenvalue weighted by atomic mass is 16.6. The molecule has 0 bridgehead atoms. The van der Waals surface area contributed by atoms with Crippen LogP contribution in [0, 0.1) is 10.1 Å². The predicted molar refractivity (Wildman–Crippen MR) is 135 cm³/mol. The molecule has 2 N–H and O–H groups in total. The van der Waals surface area contributed by atoms with Crippen LogP contribution < -0.4 is 24.8 Å². The Hall–Kier alpha value is -5.13. The van der Waals surface area contributed by atoms with Crippen LogP contribution in [-0.4, -0.2) is 55.5 Å². The number of rotatable bonds is 9. The summed E-state index contributed by atoms with van der Waals surface area (Å²) in [5.41, 5.74) is -0.973. The summed E-state index contributed by atoms with van der Waals surface area (Å²) < 4.78 is 15.6. The summed E-state index contributed by atoms with van der Waals surface area (Å²) in [6.07, 6.45) is 0. The van der Waals surface area contributed by atoms with Crippen molar-refractivity contribution in [2.24, 2.45) is 0 Å². The standard InChI is InChI=1S/C26H24N4O8/c1-36-19-9-4-16(5-10-19)26(17-6-11-20(37-2)12-7-17)24(32)29(25(33)28-26)15-23(31)27-21-14-18(30(34)35)8-13-22(21)38-3/h4-14H,15H2,1-3H3,(H,27,31)(H,28,33). The molecule has 0 saturated carbocycles. The van der Waals surface area contributed by atoms with Crippen LogP contribution >= 0.6 is 0 Å². The lowest BCUT2D eigenvalue weighted by molar-refractivity contribution is -0.384. The number of benzene rings is 3. The molecule has 1 saturated heterocycles. The van der Waals surface area contributed by atoms with Crippen LogP contribution in [0.25, 0.3) is 0 Å². The van der Waals surface area contributed by atoms with Crippen LogP contribution in [-0.2, 0) is 15.1 Å². The minimum absolute atomic E-state index is 0.0235. The number of nitrogens with one attached hydrogen (secondary N) is 2. The van der Waals surface area contributed by atoms with E-state index in [0.717, 1.165) is 11.0 Å². The van der Waals surface area contributed by atoms with Crippen molar-refractivity contribution in [3.8, 4) is 17.2 Å². The number of hydrogen-bond acceptors (Lipinski definition) is 8. The number of urea groups is 1. The molecule has 1 fully saturated rings. The highest BCUT2D eigenvalue weighted by Gasteiger charge is 2.54. The molecule has 38 heavy (non-hydrogen) atoms. The van der Waals surface area contributed by atoms with Crippen LogP contribution in [0.3, 0.4) is 0 Å². The van der Waals surface area contributed by atoms with Crippen molar-refractivity contribution in [1.82, 2.24) is 10.2 Å². The number of imide groups is 1. The summed E-state index contributed by atoms with van der Waals surface area (Å²) in [5.74, 6) is -0.159. The van der Waals surface area contributed by atoms with Gasteiger partial charge < -0.3 is 24.8 Å². The Labute approximate surface area is 217 Å². The maximum absolute atomic E-state index is 13.9. The van der Waals surface area contributed by atoms with E-state index in [1.807, 2.05) is 0 Å². The molecule has 4 rings (SSSR count). The van der Waals surface area contributed by atoms with Gasteiger partial charge in [0.05, 0.1) is 31.9 Å². The monoisotopic (exact) mass is 520 g/mol. The van der Waals surface area contributed by atoms with Gasteiger partial charge in [0.25, 0.3) is 11.6 Å². The van der Waals surface area contributed by atoms with Gasteiger partial charge in [-0.25, -0.2) is 4.79 Å². The van der Waals surface area contributed by atoms with Crippen molar-refractivity contribution >= 4 is 29.2 Å². The first-order chi connectivity index (χ1) is 18.2. The predicted octanol–water partition coefficient (Wildman–Crippen LogP) is 3.05. The van der Waals surface area contributed by atoms with Crippen molar-refractivity contribution in [3.05, 3.63) is 88.0 Å².